The van der Waals surface area contributed by atoms with Crippen LogP contribution in [0.15, 0.2) is 42.5 Å². The van der Waals surface area contributed by atoms with Gasteiger partial charge in [-0.2, -0.15) is 0 Å². The van der Waals surface area contributed by atoms with E-state index in [-0.39, 0.29) is 5.92 Å². The van der Waals surface area contributed by atoms with Gasteiger partial charge in [-0.15, -0.1) is 0 Å². The van der Waals surface area contributed by atoms with Crippen molar-refractivity contribution in [1.82, 2.24) is 0 Å². The van der Waals surface area contributed by atoms with Crippen LogP contribution in [0.2, 0.25) is 0 Å². The van der Waals surface area contributed by atoms with E-state index < -0.39 is 17.7 Å². The van der Waals surface area contributed by atoms with Crippen molar-refractivity contribution in [2.75, 3.05) is 0 Å². The molecule has 0 bridgehead atoms. The Morgan fingerprint density at radius 2 is 1.76 bits per heavy atom. The fourth-order valence-corrected chi connectivity index (χ4v) is 3.26. The Morgan fingerprint density at radius 1 is 1.05 bits per heavy atom. The average Bonchev–Trinajstić information content (AvgIpc) is 2.59. The van der Waals surface area contributed by atoms with E-state index in [9.17, 15) is 13.9 Å². The molecule has 0 heterocycles. The van der Waals surface area contributed by atoms with E-state index in [1.54, 1.807) is 0 Å². The zero-order valence-electron chi connectivity index (χ0n) is 11.7. The number of halogens is 2. The molecule has 1 nitrogen and oxygen atoms in total. The molecule has 1 aliphatic rings. The third kappa shape index (κ3) is 3.13. The highest BCUT2D eigenvalue weighted by Crippen LogP contribution is 2.35. The van der Waals surface area contributed by atoms with Gasteiger partial charge in [0.15, 0.2) is 0 Å². The minimum Gasteiger partial charge on any atom is -0.388 e. The SMILES string of the molecule is OC1c2ccccc2CCCC1Cc1cc(F)cc(F)c1. The van der Waals surface area contributed by atoms with E-state index in [1.165, 1.54) is 17.7 Å². The van der Waals surface area contributed by atoms with Gasteiger partial charge < -0.3 is 5.11 Å². The summed E-state index contributed by atoms with van der Waals surface area (Å²) in [6.45, 7) is 0. The molecule has 0 saturated heterocycles. The van der Waals surface area contributed by atoms with Gasteiger partial charge in [-0.25, -0.2) is 8.78 Å². The standard InChI is InChI=1S/C18H18F2O/c19-15-9-12(10-16(20)11-15)8-14-6-3-5-13-4-1-2-7-17(13)18(14)21/h1-2,4,7,9-11,14,18,21H,3,5-6,8H2. The maximum Gasteiger partial charge on any atom is 0.126 e. The molecule has 110 valence electrons. The first-order chi connectivity index (χ1) is 10.1. The number of aliphatic hydroxyl groups excluding tert-OH is 1. The molecule has 2 aromatic carbocycles. The first-order valence-corrected chi connectivity index (χ1v) is 7.34. The van der Waals surface area contributed by atoms with Crippen LogP contribution in [-0.4, -0.2) is 5.11 Å². The predicted molar refractivity (Wildman–Crippen MR) is 77.9 cm³/mol. The highest BCUT2D eigenvalue weighted by molar-refractivity contribution is 5.31. The molecule has 0 fully saturated rings. The second kappa shape index (κ2) is 5.94. The Kier molecular flexibility index (Phi) is 4.02. The summed E-state index contributed by atoms with van der Waals surface area (Å²) in [5, 5.41) is 10.6. The topological polar surface area (TPSA) is 20.2 Å². The molecule has 0 aliphatic heterocycles. The maximum atomic E-state index is 13.3. The van der Waals surface area contributed by atoms with Gasteiger partial charge in [-0.05, 0) is 60.4 Å². The minimum atomic E-state index is -0.574. The maximum absolute atomic E-state index is 13.3. The first-order valence-electron chi connectivity index (χ1n) is 7.34. The summed E-state index contributed by atoms with van der Waals surface area (Å²) in [5.41, 5.74) is 2.74. The normalized spacial score (nSPS) is 21.7. The van der Waals surface area contributed by atoms with Gasteiger partial charge in [0.05, 0.1) is 6.10 Å². The van der Waals surface area contributed by atoms with Crippen LogP contribution in [0.5, 0.6) is 0 Å². The molecule has 1 aliphatic carbocycles. The van der Waals surface area contributed by atoms with Crippen LogP contribution in [-0.2, 0) is 12.8 Å². The molecule has 0 saturated carbocycles. The summed E-state index contributed by atoms with van der Waals surface area (Å²) in [7, 11) is 0. The van der Waals surface area contributed by atoms with Crippen LogP contribution in [0.25, 0.3) is 0 Å². The summed E-state index contributed by atoms with van der Waals surface area (Å²) in [4.78, 5) is 0. The van der Waals surface area contributed by atoms with E-state index >= 15 is 0 Å². The molecule has 0 spiro atoms. The van der Waals surface area contributed by atoms with Gasteiger partial charge in [0, 0.05) is 6.07 Å². The van der Waals surface area contributed by atoms with Crippen molar-refractivity contribution in [3.8, 4) is 0 Å². The smallest absolute Gasteiger partial charge is 0.126 e. The molecule has 2 unspecified atom stereocenters. The fourth-order valence-electron chi connectivity index (χ4n) is 3.26. The van der Waals surface area contributed by atoms with E-state index in [0.717, 1.165) is 30.9 Å². The number of fused-ring (bicyclic) bond motifs is 1. The van der Waals surface area contributed by atoms with E-state index in [2.05, 4.69) is 0 Å². The second-order valence-corrected chi connectivity index (χ2v) is 5.78. The molecule has 0 aromatic heterocycles. The van der Waals surface area contributed by atoms with Crippen molar-refractivity contribution in [1.29, 1.82) is 0 Å². The quantitative estimate of drug-likeness (QED) is 0.821. The van der Waals surface area contributed by atoms with Crippen LogP contribution in [0.1, 0.15) is 35.6 Å². The van der Waals surface area contributed by atoms with Crippen LogP contribution < -0.4 is 0 Å². The largest absolute Gasteiger partial charge is 0.388 e. The summed E-state index contributed by atoms with van der Waals surface area (Å²) in [5.74, 6) is -1.13. The van der Waals surface area contributed by atoms with E-state index in [4.69, 9.17) is 0 Å². The number of aryl methyl sites for hydroxylation is 1. The van der Waals surface area contributed by atoms with Crippen molar-refractivity contribution in [2.45, 2.75) is 31.8 Å². The summed E-state index contributed by atoms with van der Waals surface area (Å²) in [6.07, 6.45) is 2.70. The molecule has 2 aromatic rings. The zero-order chi connectivity index (χ0) is 14.8. The van der Waals surface area contributed by atoms with E-state index in [0.29, 0.717) is 12.0 Å². The Bertz CT molecular complexity index is 619. The molecular formula is C18H18F2O. The van der Waals surface area contributed by atoms with Crippen molar-refractivity contribution in [3.05, 3.63) is 70.8 Å². The predicted octanol–water partition coefficient (Wildman–Crippen LogP) is 4.19. The minimum absolute atomic E-state index is 0.00477. The first kappa shape index (κ1) is 14.2. The lowest BCUT2D eigenvalue weighted by atomic mass is 9.88. The molecule has 1 N–H and O–H groups in total. The lowest BCUT2D eigenvalue weighted by Gasteiger charge is -2.22. The number of aliphatic hydroxyl groups is 1. The monoisotopic (exact) mass is 288 g/mol. The van der Waals surface area contributed by atoms with Gasteiger partial charge in [0.1, 0.15) is 11.6 Å². The van der Waals surface area contributed by atoms with Gasteiger partial charge >= 0.3 is 0 Å². The third-order valence-electron chi connectivity index (χ3n) is 4.26. The Balaban J connectivity index is 1.85. The number of hydrogen-bond donors (Lipinski definition) is 1. The van der Waals surface area contributed by atoms with Crippen LogP contribution in [0.4, 0.5) is 8.78 Å². The zero-order valence-corrected chi connectivity index (χ0v) is 11.7. The molecular weight excluding hydrogens is 270 g/mol. The lowest BCUT2D eigenvalue weighted by Crippen LogP contribution is -2.15. The molecule has 2 atom stereocenters. The number of rotatable bonds is 2. The molecule has 3 rings (SSSR count). The Labute approximate surface area is 123 Å². The highest BCUT2D eigenvalue weighted by Gasteiger charge is 2.26. The summed E-state index contributed by atoms with van der Waals surface area (Å²) < 4.78 is 26.6. The highest BCUT2D eigenvalue weighted by atomic mass is 19.1. The molecule has 21 heavy (non-hydrogen) atoms. The molecule has 3 heteroatoms. The lowest BCUT2D eigenvalue weighted by molar-refractivity contribution is 0.105. The Hall–Kier alpha value is -1.74. The van der Waals surface area contributed by atoms with Gasteiger partial charge in [0.25, 0.3) is 0 Å². The van der Waals surface area contributed by atoms with Gasteiger partial charge in [-0.3, -0.25) is 0 Å². The number of benzene rings is 2. The fraction of sp³-hybridized carbons (Fsp3) is 0.333. The second-order valence-electron chi connectivity index (χ2n) is 5.78. The molecule has 0 radical (unpaired) electrons. The van der Waals surface area contributed by atoms with Crippen molar-refractivity contribution < 1.29 is 13.9 Å². The van der Waals surface area contributed by atoms with Gasteiger partial charge in [-0.1, -0.05) is 24.3 Å². The molecule has 0 amide bonds. The van der Waals surface area contributed by atoms with Crippen molar-refractivity contribution in [3.63, 3.8) is 0 Å². The van der Waals surface area contributed by atoms with Crippen LogP contribution >= 0.6 is 0 Å². The van der Waals surface area contributed by atoms with Crippen LogP contribution in [0.3, 0.4) is 0 Å². The Morgan fingerprint density at radius 3 is 2.52 bits per heavy atom. The van der Waals surface area contributed by atoms with Crippen molar-refractivity contribution >= 4 is 0 Å². The van der Waals surface area contributed by atoms with Gasteiger partial charge in [0.2, 0.25) is 0 Å². The van der Waals surface area contributed by atoms with E-state index in [1.807, 2.05) is 24.3 Å². The summed E-state index contributed by atoms with van der Waals surface area (Å²) in [6, 6.07) is 11.5. The van der Waals surface area contributed by atoms with Crippen molar-refractivity contribution in [2.24, 2.45) is 5.92 Å². The average molecular weight is 288 g/mol. The summed E-state index contributed by atoms with van der Waals surface area (Å²) >= 11 is 0. The van der Waals surface area contributed by atoms with Crippen LogP contribution in [0, 0.1) is 17.6 Å². The number of hydrogen-bond acceptors (Lipinski definition) is 1. The third-order valence-corrected chi connectivity index (χ3v) is 4.26.